The number of hydrogen-bond acceptors (Lipinski definition) is 4. The van der Waals surface area contributed by atoms with E-state index in [4.69, 9.17) is 0 Å². The van der Waals surface area contributed by atoms with Gasteiger partial charge in [-0.2, -0.15) is 0 Å². The minimum Gasteiger partial charge on any atom is -0.326 e. The number of carbonyl (C=O) groups excluding carboxylic acids is 3. The molecule has 0 saturated carbocycles. The second-order valence-electron chi connectivity index (χ2n) is 6.54. The SMILES string of the molecule is CC[NH+](CC(=O)Nc1ccc(NC(C)=O)cc1)CC(=O)Nc1cccc(SC)c1. The summed E-state index contributed by atoms with van der Waals surface area (Å²) < 4.78 is 0. The molecule has 0 aliphatic carbocycles. The third-order valence-electron chi connectivity index (χ3n) is 4.16. The largest absolute Gasteiger partial charge is 0.326 e. The van der Waals surface area contributed by atoms with E-state index >= 15 is 0 Å². The number of thioether (sulfide) groups is 1. The Balaban J connectivity index is 1.85. The van der Waals surface area contributed by atoms with Gasteiger partial charge in [0.15, 0.2) is 13.1 Å². The molecule has 0 radical (unpaired) electrons. The highest BCUT2D eigenvalue weighted by molar-refractivity contribution is 7.98. The fraction of sp³-hybridized carbons (Fsp3) is 0.286. The number of nitrogens with one attached hydrogen (secondary N) is 4. The van der Waals surface area contributed by atoms with E-state index < -0.39 is 0 Å². The number of hydrogen-bond donors (Lipinski definition) is 4. The Morgan fingerprint density at radius 1 is 0.862 bits per heavy atom. The number of amides is 3. The van der Waals surface area contributed by atoms with E-state index in [1.807, 2.05) is 37.4 Å². The first kappa shape index (κ1) is 22.4. The van der Waals surface area contributed by atoms with Crippen molar-refractivity contribution in [2.24, 2.45) is 0 Å². The van der Waals surface area contributed by atoms with Crippen LogP contribution >= 0.6 is 11.8 Å². The molecule has 0 aromatic heterocycles. The Morgan fingerprint density at radius 2 is 1.41 bits per heavy atom. The highest BCUT2D eigenvalue weighted by Gasteiger charge is 2.17. The van der Waals surface area contributed by atoms with E-state index in [2.05, 4.69) is 16.0 Å². The van der Waals surface area contributed by atoms with Crippen molar-refractivity contribution in [1.29, 1.82) is 0 Å². The van der Waals surface area contributed by atoms with Crippen molar-refractivity contribution in [2.45, 2.75) is 18.7 Å². The van der Waals surface area contributed by atoms with Crippen LogP contribution in [0.2, 0.25) is 0 Å². The number of anilines is 3. The fourth-order valence-electron chi connectivity index (χ4n) is 2.72. The molecule has 154 valence electrons. The van der Waals surface area contributed by atoms with Gasteiger partial charge in [-0.1, -0.05) is 6.07 Å². The molecule has 2 aromatic carbocycles. The van der Waals surface area contributed by atoms with Crippen LogP contribution in [0.15, 0.2) is 53.4 Å². The predicted molar refractivity (Wildman–Crippen MR) is 117 cm³/mol. The van der Waals surface area contributed by atoms with Crippen LogP contribution in [0.25, 0.3) is 0 Å². The number of carbonyl (C=O) groups is 3. The summed E-state index contributed by atoms with van der Waals surface area (Å²) in [5.74, 6) is -0.457. The lowest BCUT2D eigenvalue weighted by molar-refractivity contribution is -0.881. The lowest BCUT2D eigenvalue weighted by Gasteiger charge is -2.17. The first-order chi connectivity index (χ1) is 13.9. The molecule has 0 fully saturated rings. The van der Waals surface area contributed by atoms with Crippen molar-refractivity contribution in [3.8, 4) is 0 Å². The minimum absolute atomic E-state index is 0.132. The first-order valence-corrected chi connectivity index (χ1v) is 10.6. The summed E-state index contributed by atoms with van der Waals surface area (Å²) in [6, 6.07) is 14.5. The lowest BCUT2D eigenvalue weighted by atomic mass is 10.2. The zero-order valence-corrected chi connectivity index (χ0v) is 17.7. The number of benzene rings is 2. The zero-order valence-electron chi connectivity index (χ0n) is 16.9. The topological polar surface area (TPSA) is 91.7 Å². The molecule has 0 saturated heterocycles. The highest BCUT2D eigenvalue weighted by atomic mass is 32.2. The summed E-state index contributed by atoms with van der Waals surface area (Å²) in [5, 5.41) is 8.38. The van der Waals surface area contributed by atoms with E-state index in [1.165, 1.54) is 6.92 Å². The lowest BCUT2D eigenvalue weighted by Crippen LogP contribution is -3.13. The summed E-state index contributed by atoms with van der Waals surface area (Å²) >= 11 is 1.61. The summed E-state index contributed by atoms with van der Waals surface area (Å²) in [5.41, 5.74) is 2.05. The summed E-state index contributed by atoms with van der Waals surface area (Å²) in [6.07, 6.45) is 1.98. The van der Waals surface area contributed by atoms with Crippen LogP contribution < -0.4 is 20.9 Å². The van der Waals surface area contributed by atoms with Gasteiger partial charge in [0.05, 0.1) is 6.54 Å². The Kier molecular flexibility index (Phi) is 8.69. The molecule has 2 rings (SSSR count). The van der Waals surface area contributed by atoms with Crippen LogP contribution in [-0.2, 0) is 14.4 Å². The van der Waals surface area contributed by atoms with E-state index in [0.717, 1.165) is 15.5 Å². The molecule has 0 aliphatic heterocycles. The van der Waals surface area contributed by atoms with Gasteiger partial charge in [0.25, 0.3) is 11.8 Å². The van der Waals surface area contributed by atoms with Crippen LogP contribution in [0.1, 0.15) is 13.8 Å². The van der Waals surface area contributed by atoms with Crippen molar-refractivity contribution < 1.29 is 19.3 Å². The van der Waals surface area contributed by atoms with Gasteiger partial charge in [-0.05, 0) is 55.6 Å². The first-order valence-electron chi connectivity index (χ1n) is 9.34. The molecule has 29 heavy (non-hydrogen) atoms. The van der Waals surface area contributed by atoms with Gasteiger partial charge >= 0.3 is 0 Å². The predicted octanol–water partition coefficient (Wildman–Crippen LogP) is 1.85. The highest BCUT2D eigenvalue weighted by Crippen LogP contribution is 2.18. The Hall–Kier alpha value is -2.84. The van der Waals surface area contributed by atoms with Crippen molar-refractivity contribution in [1.82, 2.24) is 0 Å². The molecule has 0 bridgehead atoms. The van der Waals surface area contributed by atoms with Crippen molar-refractivity contribution in [3.63, 3.8) is 0 Å². The van der Waals surface area contributed by atoms with Crippen LogP contribution in [0.3, 0.4) is 0 Å². The molecular weight excluding hydrogens is 388 g/mol. The smallest absolute Gasteiger partial charge is 0.279 e. The van der Waals surface area contributed by atoms with Gasteiger partial charge < -0.3 is 20.9 Å². The maximum Gasteiger partial charge on any atom is 0.279 e. The van der Waals surface area contributed by atoms with E-state index in [9.17, 15) is 14.4 Å². The zero-order chi connectivity index (χ0) is 21.2. The average molecular weight is 416 g/mol. The van der Waals surface area contributed by atoms with Crippen molar-refractivity contribution in [3.05, 3.63) is 48.5 Å². The van der Waals surface area contributed by atoms with Crippen LogP contribution in [-0.4, -0.2) is 43.6 Å². The quantitative estimate of drug-likeness (QED) is 0.471. The van der Waals surface area contributed by atoms with E-state index in [1.54, 1.807) is 36.0 Å². The van der Waals surface area contributed by atoms with Crippen LogP contribution in [0.5, 0.6) is 0 Å². The second kappa shape index (κ2) is 11.2. The maximum atomic E-state index is 12.3. The molecular formula is C21H27N4O3S+. The average Bonchev–Trinajstić information content (AvgIpc) is 2.68. The van der Waals surface area contributed by atoms with Crippen LogP contribution in [0.4, 0.5) is 17.1 Å². The summed E-state index contributed by atoms with van der Waals surface area (Å²) in [7, 11) is 0. The standard InChI is InChI=1S/C21H26N4O3S/c1-4-25(14-21(28)24-18-6-5-7-19(12-18)29-3)13-20(27)23-17-10-8-16(9-11-17)22-15(2)26/h5-12H,4,13-14H2,1-3H3,(H,22,26)(H,23,27)(H,24,28)/p+1. The summed E-state index contributed by atoms with van der Waals surface area (Å²) in [4.78, 5) is 37.7. The second-order valence-corrected chi connectivity index (χ2v) is 7.42. The fourth-order valence-corrected chi connectivity index (χ4v) is 3.18. The van der Waals surface area contributed by atoms with Gasteiger partial charge in [-0.25, -0.2) is 0 Å². The number of likely N-dealkylation sites (N-methyl/N-ethyl adjacent to an activating group) is 1. The number of rotatable bonds is 9. The van der Waals surface area contributed by atoms with E-state index in [-0.39, 0.29) is 30.8 Å². The van der Waals surface area contributed by atoms with Crippen LogP contribution in [0, 0.1) is 0 Å². The van der Waals surface area contributed by atoms with Crippen molar-refractivity contribution in [2.75, 3.05) is 41.8 Å². The third kappa shape index (κ3) is 7.97. The minimum atomic E-state index is -0.175. The third-order valence-corrected chi connectivity index (χ3v) is 4.89. The normalized spacial score (nSPS) is 11.4. The molecule has 8 heteroatoms. The van der Waals surface area contributed by atoms with Crippen molar-refractivity contribution >= 4 is 46.5 Å². The number of quaternary nitrogens is 1. The van der Waals surface area contributed by atoms with E-state index in [0.29, 0.717) is 17.9 Å². The Labute approximate surface area is 175 Å². The monoisotopic (exact) mass is 415 g/mol. The molecule has 3 amide bonds. The molecule has 7 nitrogen and oxygen atoms in total. The molecule has 2 aromatic rings. The van der Waals surface area contributed by atoms with Gasteiger partial charge in [0.2, 0.25) is 5.91 Å². The van der Waals surface area contributed by atoms with Gasteiger partial charge in [-0.3, -0.25) is 14.4 Å². The molecule has 4 N–H and O–H groups in total. The molecule has 0 spiro atoms. The van der Waals surface area contributed by atoms with Gasteiger partial charge in [0.1, 0.15) is 0 Å². The molecule has 0 heterocycles. The molecule has 0 aliphatic rings. The summed E-state index contributed by atoms with van der Waals surface area (Å²) in [6.45, 7) is 4.41. The Morgan fingerprint density at radius 3 is 1.93 bits per heavy atom. The molecule has 1 unspecified atom stereocenters. The maximum absolute atomic E-state index is 12.3. The Bertz CT molecular complexity index is 855. The van der Waals surface area contributed by atoms with Gasteiger partial charge in [0, 0.05) is 28.9 Å². The van der Waals surface area contributed by atoms with Gasteiger partial charge in [-0.15, -0.1) is 11.8 Å². The molecule has 1 atom stereocenters.